The minimum Gasteiger partial charge on any atom is -0.361 e. The number of nitrogens with one attached hydrogen (secondary N) is 2. The molecule has 2 fully saturated rings. The number of benzene rings is 1. The first-order chi connectivity index (χ1) is 14.7. The van der Waals surface area contributed by atoms with E-state index in [9.17, 15) is 4.79 Å². The first-order valence-corrected chi connectivity index (χ1v) is 11.2. The molecule has 0 aliphatic heterocycles. The van der Waals surface area contributed by atoms with Gasteiger partial charge in [0, 0.05) is 37.2 Å². The third kappa shape index (κ3) is 3.99. The third-order valence-electron chi connectivity index (χ3n) is 6.41. The van der Waals surface area contributed by atoms with Gasteiger partial charge in [-0.05, 0) is 57.6 Å². The maximum Gasteiger partial charge on any atom is 0.289 e. The van der Waals surface area contributed by atoms with Crippen molar-refractivity contribution >= 4 is 16.9 Å². The zero-order chi connectivity index (χ0) is 20.5. The molecule has 158 valence electrons. The summed E-state index contributed by atoms with van der Waals surface area (Å²) in [5, 5.41) is 7.84. The van der Waals surface area contributed by atoms with Crippen LogP contribution in [0.15, 0.2) is 34.9 Å². The highest BCUT2D eigenvalue weighted by atomic mass is 16.5. The molecule has 3 aromatic rings. The van der Waals surface area contributed by atoms with Crippen LogP contribution in [-0.4, -0.2) is 44.6 Å². The van der Waals surface area contributed by atoms with Crippen LogP contribution in [0.25, 0.3) is 11.0 Å². The van der Waals surface area contributed by atoms with Crippen LogP contribution >= 0.6 is 0 Å². The summed E-state index contributed by atoms with van der Waals surface area (Å²) in [6.45, 7) is 3.45. The summed E-state index contributed by atoms with van der Waals surface area (Å²) in [6, 6.07) is 10.5. The lowest BCUT2D eigenvalue weighted by atomic mass is 9.89. The van der Waals surface area contributed by atoms with E-state index in [2.05, 4.69) is 26.5 Å². The Hall–Kier alpha value is -2.67. The molecule has 2 atom stereocenters. The smallest absolute Gasteiger partial charge is 0.289 e. The van der Waals surface area contributed by atoms with Crippen molar-refractivity contribution in [1.29, 1.82) is 0 Å². The van der Waals surface area contributed by atoms with Gasteiger partial charge in [0.05, 0.1) is 16.7 Å². The van der Waals surface area contributed by atoms with Crippen LogP contribution in [-0.2, 0) is 6.54 Å². The van der Waals surface area contributed by atoms with Gasteiger partial charge >= 0.3 is 0 Å². The number of amides is 1. The zero-order valence-corrected chi connectivity index (χ0v) is 17.4. The number of imidazole rings is 1. The number of carbonyl (C=O) groups is 1. The SMILES string of the molecule is CCN(C(=O)c1nc2ccccc2[nH]1)[C@H]1CCC[C@@H](NCc2cc(C3CC3)on2)C1. The van der Waals surface area contributed by atoms with E-state index in [1.54, 1.807) is 0 Å². The van der Waals surface area contributed by atoms with Gasteiger partial charge in [0.2, 0.25) is 0 Å². The molecule has 7 nitrogen and oxygen atoms in total. The number of fused-ring (bicyclic) bond motifs is 1. The summed E-state index contributed by atoms with van der Waals surface area (Å²) >= 11 is 0. The van der Waals surface area contributed by atoms with Crippen molar-refractivity contribution in [1.82, 2.24) is 25.3 Å². The maximum atomic E-state index is 13.2. The summed E-state index contributed by atoms with van der Waals surface area (Å²) in [5.74, 6) is 2.04. The van der Waals surface area contributed by atoms with Crippen LogP contribution in [0.1, 0.15) is 73.4 Å². The second kappa shape index (κ2) is 8.22. The molecule has 1 aromatic carbocycles. The highest BCUT2D eigenvalue weighted by Crippen LogP contribution is 2.40. The molecule has 7 heteroatoms. The molecule has 0 bridgehead atoms. The molecule has 0 radical (unpaired) electrons. The number of H-pyrrole nitrogens is 1. The standard InChI is InChI=1S/C23H29N5O2/c1-2-28(23(29)22-25-19-8-3-4-9-20(19)26-22)18-7-5-6-16(12-18)24-14-17-13-21(30-27-17)15-10-11-15/h3-4,8-9,13,15-16,18,24H,2,5-7,10-12,14H2,1H3,(H,25,26)/t16-,18+/m1/s1. The summed E-state index contributed by atoms with van der Waals surface area (Å²) in [6.07, 6.45) is 6.66. The monoisotopic (exact) mass is 407 g/mol. The summed E-state index contributed by atoms with van der Waals surface area (Å²) in [7, 11) is 0. The van der Waals surface area contributed by atoms with E-state index in [4.69, 9.17) is 4.52 Å². The van der Waals surface area contributed by atoms with E-state index >= 15 is 0 Å². The number of rotatable bonds is 7. The van der Waals surface area contributed by atoms with E-state index in [1.165, 1.54) is 12.8 Å². The van der Waals surface area contributed by atoms with Crippen molar-refractivity contribution in [2.24, 2.45) is 0 Å². The van der Waals surface area contributed by atoms with Crippen LogP contribution in [0.5, 0.6) is 0 Å². The molecule has 5 rings (SSSR count). The first kappa shape index (κ1) is 19.3. The normalized spacial score (nSPS) is 21.8. The second-order valence-corrected chi connectivity index (χ2v) is 8.59. The van der Waals surface area contributed by atoms with Crippen LogP contribution in [0.3, 0.4) is 0 Å². The van der Waals surface area contributed by atoms with E-state index in [0.29, 0.717) is 24.3 Å². The van der Waals surface area contributed by atoms with Crippen LogP contribution < -0.4 is 5.32 Å². The quantitative estimate of drug-likeness (QED) is 0.618. The van der Waals surface area contributed by atoms with Gasteiger partial charge in [-0.2, -0.15) is 0 Å². The van der Waals surface area contributed by atoms with Crippen molar-refractivity contribution in [3.05, 3.63) is 47.6 Å². The van der Waals surface area contributed by atoms with E-state index < -0.39 is 0 Å². The van der Waals surface area contributed by atoms with Gasteiger partial charge in [-0.3, -0.25) is 4.79 Å². The summed E-state index contributed by atoms with van der Waals surface area (Å²) in [5.41, 5.74) is 2.71. The Morgan fingerprint density at radius 2 is 2.13 bits per heavy atom. The van der Waals surface area contributed by atoms with Crippen molar-refractivity contribution in [3.63, 3.8) is 0 Å². The minimum atomic E-state index is -0.00933. The first-order valence-electron chi connectivity index (χ1n) is 11.2. The fourth-order valence-corrected chi connectivity index (χ4v) is 4.61. The van der Waals surface area contributed by atoms with Gasteiger partial charge in [0.25, 0.3) is 5.91 Å². The third-order valence-corrected chi connectivity index (χ3v) is 6.41. The van der Waals surface area contributed by atoms with Crippen molar-refractivity contribution in [3.8, 4) is 0 Å². The van der Waals surface area contributed by atoms with Gasteiger partial charge in [-0.25, -0.2) is 4.98 Å². The average molecular weight is 408 g/mol. The Morgan fingerprint density at radius 3 is 2.93 bits per heavy atom. The maximum absolute atomic E-state index is 13.2. The molecule has 2 N–H and O–H groups in total. The number of para-hydroxylation sites is 2. The fourth-order valence-electron chi connectivity index (χ4n) is 4.61. The number of hydrogen-bond acceptors (Lipinski definition) is 5. The Kier molecular flexibility index (Phi) is 5.29. The number of aromatic nitrogens is 3. The predicted octanol–water partition coefficient (Wildman–Crippen LogP) is 3.99. The van der Waals surface area contributed by atoms with Crippen molar-refractivity contribution in [2.75, 3.05) is 6.54 Å². The molecule has 2 heterocycles. The number of aromatic amines is 1. The largest absolute Gasteiger partial charge is 0.361 e. The average Bonchev–Trinajstić information content (AvgIpc) is 3.35. The Labute approximate surface area is 176 Å². The molecule has 2 saturated carbocycles. The molecule has 30 heavy (non-hydrogen) atoms. The lowest BCUT2D eigenvalue weighted by Crippen LogP contribution is -2.47. The molecule has 2 aromatic heterocycles. The van der Waals surface area contributed by atoms with Gasteiger partial charge in [-0.15, -0.1) is 0 Å². The van der Waals surface area contributed by atoms with Crippen LogP contribution in [0.2, 0.25) is 0 Å². The Bertz CT molecular complexity index is 988. The topological polar surface area (TPSA) is 87.0 Å². The fraction of sp³-hybridized carbons (Fsp3) is 0.522. The summed E-state index contributed by atoms with van der Waals surface area (Å²) in [4.78, 5) is 22.9. The number of hydrogen-bond donors (Lipinski definition) is 2. The van der Waals surface area contributed by atoms with Crippen molar-refractivity contribution < 1.29 is 9.32 Å². The lowest BCUT2D eigenvalue weighted by Gasteiger charge is -2.37. The molecule has 1 amide bonds. The minimum absolute atomic E-state index is 0.00933. The van der Waals surface area contributed by atoms with Gasteiger partial charge < -0.3 is 19.7 Å². The molecule has 2 aliphatic carbocycles. The molecular weight excluding hydrogens is 378 g/mol. The van der Waals surface area contributed by atoms with E-state index in [1.807, 2.05) is 36.1 Å². The summed E-state index contributed by atoms with van der Waals surface area (Å²) < 4.78 is 5.46. The van der Waals surface area contributed by atoms with Gasteiger partial charge in [0.15, 0.2) is 5.82 Å². The number of carbonyl (C=O) groups excluding carboxylic acids is 1. The predicted molar refractivity (Wildman–Crippen MR) is 114 cm³/mol. The second-order valence-electron chi connectivity index (χ2n) is 8.59. The van der Waals surface area contributed by atoms with Gasteiger partial charge in [-0.1, -0.05) is 17.3 Å². The Morgan fingerprint density at radius 1 is 1.27 bits per heavy atom. The molecular formula is C23H29N5O2. The van der Waals surface area contributed by atoms with Crippen LogP contribution in [0.4, 0.5) is 0 Å². The highest BCUT2D eigenvalue weighted by molar-refractivity contribution is 5.94. The molecule has 0 spiro atoms. The molecule has 0 unspecified atom stereocenters. The van der Waals surface area contributed by atoms with Gasteiger partial charge in [0.1, 0.15) is 5.76 Å². The zero-order valence-electron chi connectivity index (χ0n) is 17.4. The van der Waals surface area contributed by atoms with Crippen molar-refractivity contribution in [2.45, 2.75) is 70.0 Å². The Balaban J connectivity index is 1.22. The van der Waals surface area contributed by atoms with E-state index in [-0.39, 0.29) is 11.9 Å². The number of nitrogens with zero attached hydrogens (tertiary/aromatic N) is 3. The van der Waals surface area contributed by atoms with Crippen LogP contribution in [0, 0.1) is 0 Å². The van der Waals surface area contributed by atoms with E-state index in [0.717, 1.165) is 54.7 Å². The molecule has 0 saturated heterocycles. The highest BCUT2D eigenvalue weighted by Gasteiger charge is 2.31. The molecule has 2 aliphatic rings. The lowest BCUT2D eigenvalue weighted by molar-refractivity contribution is 0.0617.